The Hall–Kier alpha value is -3.88. The summed E-state index contributed by atoms with van der Waals surface area (Å²) in [4.78, 5) is 0.107. The van der Waals surface area contributed by atoms with Crippen molar-refractivity contribution in [2.75, 3.05) is 0 Å². The van der Waals surface area contributed by atoms with E-state index in [0.717, 1.165) is 24.0 Å². The minimum Gasteiger partial charge on any atom is -0.215 e. The topological polar surface area (TPSA) is 70.0 Å². The van der Waals surface area contributed by atoms with E-state index < -0.39 is 10.0 Å². The van der Waals surface area contributed by atoms with Crippen LogP contribution in [0.3, 0.4) is 0 Å². The number of aryl methyl sites for hydroxylation is 5. The summed E-state index contributed by atoms with van der Waals surface area (Å²) in [5.41, 5.74) is 10.6. The van der Waals surface area contributed by atoms with E-state index in [1.54, 1.807) is 18.2 Å². The van der Waals surface area contributed by atoms with Crippen LogP contribution in [0, 0.1) is 32.2 Å². The molecule has 0 aliphatic heterocycles. The molecular formula is C32H34N2O2S. The van der Waals surface area contributed by atoms with E-state index in [4.69, 9.17) is 5.26 Å². The number of hydrogen-bond donors (Lipinski definition) is 1. The highest BCUT2D eigenvalue weighted by atomic mass is 32.2. The van der Waals surface area contributed by atoms with E-state index in [1.165, 1.54) is 45.6 Å². The van der Waals surface area contributed by atoms with E-state index in [2.05, 4.69) is 70.2 Å². The van der Waals surface area contributed by atoms with Crippen molar-refractivity contribution in [2.45, 2.75) is 52.4 Å². The van der Waals surface area contributed by atoms with Crippen molar-refractivity contribution in [1.82, 2.24) is 4.72 Å². The summed E-state index contributed by atoms with van der Waals surface area (Å²) in [5.74, 6) is 0. The summed E-state index contributed by atoms with van der Waals surface area (Å²) in [6.07, 6.45) is 3.52. The molecule has 4 aromatic rings. The zero-order valence-electron chi connectivity index (χ0n) is 22.2. The molecule has 0 spiro atoms. The Morgan fingerprint density at radius 1 is 0.703 bits per heavy atom. The lowest BCUT2D eigenvalue weighted by Crippen LogP contribution is -2.18. The summed E-state index contributed by atoms with van der Waals surface area (Å²) in [7, 11) is -3.83. The van der Waals surface area contributed by atoms with Crippen LogP contribution in [0.1, 0.15) is 41.7 Å². The fourth-order valence-corrected chi connectivity index (χ4v) is 5.40. The molecule has 0 unspecified atom stereocenters. The molecule has 0 fully saturated rings. The first-order valence-electron chi connectivity index (χ1n) is 12.5. The van der Waals surface area contributed by atoms with Gasteiger partial charge in [0.25, 0.3) is 10.0 Å². The Morgan fingerprint density at radius 2 is 1.35 bits per heavy atom. The Morgan fingerprint density at radius 3 is 1.95 bits per heavy atom. The second kappa shape index (κ2) is 12.4. The highest BCUT2D eigenvalue weighted by molar-refractivity contribution is 7.89. The molecule has 0 amide bonds. The Kier molecular flexibility index (Phi) is 9.27. The van der Waals surface area contributed by atoms with Crippen LogP contribution < -0.4 is 4.72 Å². The van der Waals surface area contributed by atoms with Gasteiger partial charge in [-0.05, 0) is 84.2 Å². The third-order valence-electron chi connectivity index (χ3n) is 6.53. The van der Waals surface area contributed by atoms with Gasteiger partial charge in [-0.25, -0.2) is 13.1 Å². The first-order chi connectivity index (χ1) is 17.7. The molecule has 0 aliphatic rings. The van der Waals surface area contributed by atoms with Gasteiger partial charge in [-0.3, -0.25) is 0 Å². The van der Waals surface area contributed by atoms with Crippen LogP contribution in [-0.4, -0.2) is 8.42 Å². The monoisotopic (exact) mass is 510 g/mol. The highest BCUT2D eigenvalue weighted by Crippen LogP contribution is 2.29. The Bertz CT molecular complexity index is 1530. The van der Waals surface area contributed by atoms with Gasteiger partial charge < -0.3 is 0 Å². The Balaban J connectivity index is 0.000000213. The van der Waals surface area contributed by atoms with Crippen molar-refractivity contribution < 1.29 is 8.42 Å². The van der Waals surface area contributed by atoms with Gasteiger partial charge in [0, 0.05) is 5.56 Å². The quantitative estimate of drug-likeness (QED) is 0.215. The minimum absolute atomic E-state index is 0.107. The van der Waals surface area contributed by atoms with Crippen molar-refractivity contribution in [1.29, 1.82) is 5.26 Å². The van der Waals surface area contributed by atoms with Gasteiger partial charge in [0.1, 0.15) is 0 Å². The summed E-state index contributed by atoms with van der Waals surface area (Å²) in [6, 6.07) is 27.9. The molecule has 4 nitrogen and oxygen atoms in total. The number of rotatable bonds is 6. The largest absolute Gasteiger partial charge is 0.270 e. The Labute approximate surface area is 221 Å². The summed E-state index contributed by atoms with van der Waals surface area (Å²) >= 11 is 0. The molecule has 4 aromatic carbocycles. The molecule has 0 aliphatic carbocycles. The molecule has 0 bridgehead atoms. The molecule has 37 heavy (non-hydrogen) atoms. The van der Waals surface area contributed by atoms with Gasteiger partial charge in [0.2, 0.25) is 0 Å². The van der Waals surface area contributed by atoms with Gasteiger partial charge in [-0.1, -0.05) is 92.7 Å². The number of nitrogens with one attached hydrogen (secondary N) is 1. The van der Waals surface area contributed by atoms with Crippen molar-refractivity contribution in [2.24, 2.45) is 0 Å². The predicted octanol–water partition coefficient (Wildman–Crippen LogP) is 7.52. The molecule has 0 atom stereocenters. The normalized spacial score (nSPS) is 10.7. The molecule has 0 aromatic heterocycles. The van der Waals surface area contributed by atoms with Crippen LogP contribution in [-0.2, 0) is 22.9 Å². The first kappa shape index (κ1) is 27.7. The number of benzene rings is 4. The fourth-order valence-electron chi connectivity index (χ4n) is 4.44. The predicted molar refractivity (Wildman–Crippen MR) is 153 cm³/mol. The van der Waals surface area contributed by atoms with Crippen molar-refractivity contribution in [3.05, 3.63) is 113 Å². The second-order valence-corrected chi connectivity index (χ2v) is 10.7. The van der Waals surface area contributed by atoms with Crippen molar-refractivity contribution in [3.8, 4) is 28.4 Å². The molecule has 0 saturated heterocycles. The highest BCUT2D eigenvalue weighted by Gasteiger charge is 2.18. The molecule has 0 saturated carbocycles. The van der Waals surface area contributed by atoms with Gasteiger partial charge in [-0.2, -0.15) is 5.26 Å². The molecular weight excluding hydrogens is 476 g/mol. The van der Waals surface area contributed by atoms with Crippen LogP contribution in [0.25, 0.3) is 22.3 Å². The van der Waals surface area contributed by atoms with Gasteiger partial charge in [0.15, 0.2) is 6.19 Å². The summed E-state index contributed by atoms with van der Waals surface area (Å²) < 4.78 is 26.1. The van der Waals surface area contributed by atoms with Crippen molar-refractivity contribution in [3.63, 3.8) is 0 Å². The smallest absolute Gasteiger partial charge is 0.215 e. The maximum absolute atomic E-state index is 12.1. The standard InChI is InChI=1S/C16H16N2O2S.C16H18/c1-3-13-8-9-14(10-12(13)2)15-6-4-5-7-16(15)21(19,20)18-11-17;1-4-14-9-10-16(13(3)11-14)15-8-6-5-7-12(15)2/h4-10,18H,3H2,1-2H3;5-11H,4H2,1-3H3. The van der Waals surface area contributed by atoms with Gasteiger partial charge >= 0.3 is 0 Å². The lowest BCUT2D eigenvalue weighted by Gasteiger charge is -2.11. The first-order valence-corrected chi connectivity index (χ1v) is 14.0. The van der Waals surface area contributed by atoms with Gasteiger partial charge in [-0.15, -0.1) is 0 Å². The molecule has 1 N–H and O–H groups in total. The fraction of sp³-hybridized carbons (Fsp3) is 0.219. The number of nitriles is 1. The third-order valence-corrected chi connectivity index (χ3v) is 7.82. The van der Waals surface area contributed by atoms with E-state index >= 15 is 0 Å². The molecule has 190 valence electrons. The van der Waals surface area contributed by atoms with E-state index in [-0.39, 0.29) is 4.90 Å². The summed E-state index contributed by atoms with van der Waals surface area (Å²) in [6.45, 7) is 10.6. The minimum atomic E-state index is -3.83. The zero-order valence-corrected chi connectivity index (χ0v) is 23.0. The van der Waals surface area contributed by atoms with E-state index in [0.29, 0.717) is 5.56 Å². The lowest BCUT2D eigenvalue weighted by molar-refractivity contribution is 0.591. The number of hydrogen-bond acceptors (Lipinski definition) is 3. The maximum Gasteiger partial charge on any atom is 0.270 e. The average molecular weight is 511 g/mol. The third kappa shape index (κ3) is 6.67. The van der Waals surface area contributed by atoms with Crippen LogP contribution >= 0.6 is 0 Å². The maximum atomic E-state index is 12.1. The molecule has 0 heterocycles. The lowest BCUT2D eigenvalue weighted by atomic mass is 9.95. The van der Waals surface area contributed by atoms with Crippen LogP contribution in [0.15, 0.2) is 89.8 Å². The van der Waals surface area contributed by atoms with E-state index in [9.17, 15) is 8.42 Å². The number of sulfonamides is 1. The zero-order chi connectivity index (χ0) is 27.0. The van der Waals surface area contributed by atoms with Gasteiger partial charge in [0.05, 0.1) is 4.90 Å². The van der Waals surface area contributed by atoms with Crippen LogP contribution in [0.4, 0.5) is 0 Å². The van der Waals surface area contributed by atoms with E-state index in [1.807, 2.05) is 29.8 Å². The SMILES string of the molecule is CCc1ccc(-c2ccccc2C)c(C)c1.CCc1ccc(-c2ccccc2S(=O)(=O)NC#N)cc1C. The van der Waals surface area contributed by atoms with Crippen LogP contribution in [0.5, 0.6) is 0 Å². The second-order valence-electron chi connectivity index (χ2n) is 9.03. The van der Waals surface area contributed by atoms with Crippen LogP contribution in [0.2, 0.25) is 0 Å². The molecule has 4 rings (SSSR count). The number of nitrogens with zero attached hydrogens (tertiary/aromatic N) is 1. The average Bonchev–Trinajstić information content (AvgIpc) is 2.89. The molecule has 5 heteroatoms. The van der Waals surface area contributed by atoms with Crippen molar-refractivity contribution >= 4 is 10.0 Å². The molecule has 0 radical (unpaired) electrons. The summed E-state index contributed by atoms with van der Waals surface area (Å²) in [5, 5.41) is 8.60.